The summed E-state index contributed by atoms with van der Waals surface area (Å²) in [4.78, 5) is 16.9. The number of fused-ring (bicyclic) bond motifs is 2. The van der Waals surface area contributed by atoms with E-state index in [9.17, 15) is 4.79 Å². The minimum absolute atomic E-state index is 0.147. The Morgan fingerprint density at radius 2 is 2.29 bits per heavy atom. The number of imidazole rings is 1. The fraction of sp³-hybridized carbons (Fsp3) is 0.125. The number of benzene rings is 1. The van der Waals surface area contributed by atoms with E-state index in [2.05, 4.69) is 4.98 Å². The predicted molar refractivity (Wildman–Crippen MR) is 89.5 cm³/mol. The van der Waals surface area contributed by atoms with E-state index in [1.807, 2.05) is 22.0 Å². The summed E-state index contributed by atoms with van der Waals surface area (Å²) in [6.45, 7) is 0.359. The van der Waals surface area contributed by atoms with Crippen LogP contribution in [0.15, 0.2) is 35.9 Å². The van der Waals surface area contributed by atoms with Crippen LogP contribution in [-0.4, -0.2) is 22.1 Å². The molecule has 0 fully saturated rings. The second-order valence-corrected chi connectivity index (χ2v) is 6.20. The van der Waals surface area contributed by atoms with Crippen LogP contribution >= 0.6 is 22.9 Å². The lowest BCUT2D eigenvalue weighted by Gasteiger charge is -2.03. The highest BCUT2D eigenvalue weighted by molar-refractivity contribution is 7.15. The fourth-order valence-electron chi connectivity index (χ4n) is 2.31. The molecule has 0 aliphatic carbocycles. The smallest absolute Gasteiger partial charge is 0.331 e. The topological polar surface area (TPSA) is 62.1 Å². The van der Waals surface area contributed by atoms with Gasteiger partial charge in [-0.2, -0.15) is 0 Å². The number of esters is 1. The number of thiazole rings is 1. The van der Waals surface area contributed by atoms with Crippen LogP contribution in [0.4, 0.5) is 0 Å². The summed E-state index contributed by atoms with van der Waals surface area (Å²) in [5.74, 6) is 0.888. The summed E-state index contributed by atoms with van der Waals surface area (Å²) in [5, 5.41) is 2.25. The average molecular weight is 363 g/mol. The van der Waals surface area contributed by atoms with Crippen molar-refractivity contribution in [2.75, 3.05) is 6.79 Å². The molecule has 3 heterocycles. The second kappa shape index (κ2) is 6.18. The molecule has 0 radical (unpaired) electrons. The standard InChI is InChI=1S/C16H11ClN2O4S/c17-15-11(19-5-6-24-16(19)18-15)2-4-14(20)21-8-10-1-3-12-13(7-10)23-9-22-12/h1-7H,8-9H2/b4-2+. The van der Waals surface area contributed by atoms with Gasteiger partial charge in [-0.15, -0.1) is 11.3 Å². The quantitative estimate of drug-likeness (QED) is 0.525. The zero-order valence-corrected chi connectivity index (χ0v) is 13.8. The third-order valence-corrected chi connectivity index (χ3v) is 4.48. The van der Waals surface area contributed by atoms with Gasteiger partial charge in [0.2, 0.25) is 6.79 Å². The highest BCUT2D eigenvalue weighted by Crippen LogP contribution is 2.32. The molecule has 0 saturated heterocycles. The molecule has 4 rings (SSSR count). The van der Waals surface area contributed by atoms with Gasteiger partial charge in [-0.3, -0.25) is 4.40 Å². The first kappa shape index (κ1) is 15.0. The Hall–Kier alpha value is -2.51. The van der Waals surface area contributed by atoms with Crippen LogP contribution in [-0.2, 0) is 16.1 Å². The van der Waals surface area contributed by atoms with Gasteiger partial charge in [0.1, 0.15) is 6.61 Å². The zero-order chi connectivity index (χ0) is 16.5. The number of hydrogen-bond acceptors (Lipinski definition) is 6. The minimum atomic E-state index is -0.464. The molecule has 122 valence electrons. The lowest BCUT2D eigenvalue weighted by Crippen LogP contribution is -2.01. The van der Waals surface area contributed by atoms with Gasteiger partial charge in [-0.25, -0.2) is 9.78 Å². The number of nitrogens with zero attached hydrogens (tertiary/aromatic N) is 2. The Balaban J connectivity index is 1.41. The molecule has 0 N–H and O–H groups in total. The molecule has 1 aliphatic rings. The van der Waals surface area contributed by atoms with E-state index < -0.39 is 5.97 Å². The van der Waals surface area contributed by atoms with E-state index in [0.29, 0.717) is 22.3 Å². The van der Waals surface area contributed by atoms with E-state index in [1.165, 1.54) is 17.4 Å². The van der Waals surface area contributed by atoms with Crippen LogP contribution in [0, 0.1) is 0 Å². The van der Waals surface area contributed by atoms with Crippen LogP contribution in [0.1, 0.15) is 11.3 Å². The maximum atomic E-state index is 11.9. The summed E-state index contributed by atoms with van der Waals surface area (Å²) in [6.07, 6.45) is 4.77. The van der Waals surface area contributed by atoms with Gasteiger partial charge in [0.05, 0.1) is 5.69 Å². The summed E-state index contributed by atoms with van der Waals surface area (Å²) < 4.78 is 17.6. The van der Waals surface area contributed by atoms with Crippen molar-refractivity contribution in [3.05, 3.63) is 52.3 Å². The highest BCUT2D eigenvalue weighted by atomic mass is 35.5. The van der Waals surface area contributed by atoms with Crippen molar-refractivity contribution in [1.82, 2.24) is 9.38 Å². The number of carbonyl (C=O) groups excluding carboxylic acids is 1. The molecule has 0 bridgehead atoms. The maximum Gasteiger partial charge on any atom is 0.331 e. The molecular formula is C16H11ClN2O4S. The normalized spacial score (nSPS) is 13.0. The van der Waals surface area contributed by atoms with Crippen molar-refractivity contribution in [3.8, 4) is 11.5 Å². The lowest BCUT2D eigenvalue weighted by molar-refractivity contribution is -0.138. The molecule has 1 aromatic carbocycles. The number of ether oxygens (including phenoxy) is 3. The number of aromatic nitrogens is 2. The van der Waals surface area contributed by atoms with Crippen molar-refractivity contribution in [3.63, 3.8) is 0 Å². The van der Waals surface area contributed by atoms with Crippen LogP contribution in [0.3, 0.4) is 0 Å². The van der Waals surface area contributed by atoms with Crippen molar-refractivity contribution in [2.24, 2.45) is 0 Å². The summed E-state index contributed by atoms with van der Waals surface area (Å²) >= 11 is 7.53. The van der Waals surface area contributed by atoms with Gasteiger partial charge in [0.15, 0.2) is 21.6 Å². The first-order chi connectivity index (χ1) is 11.7. The summed E-state index contributed by atoms with van der Waals surface area (Å²) in [5.41, 5.74) is 1.47. The van der Waals surface area contributed by atoms with Crippen molar-refractivity contribution < 1.29 is 19.0 Å². The van der Waals surface area contributed by atoms with E-state index in [0.717, 1.165) is 10.5 Å². The number of halogens is 1. The van der Waals surface area contributed by atoms with Crippen LogP contribution in [0.25, 0.3) is 11.0 Å². The first-order valence-corrected chi connectivity index (χ1v) is 8.31. The molecule has 0 spiro atoms. The third kappa shape index (κ3) is 2.83. The Morgan fingerprint density at radius 3 is 3.21 bits per heavy atom. The minimum Gasteiger partial charge on any atom is -0.458 e. The zero-order valence-electron chi connectivity index (χ0n) is 12.3. The highest BCUT2D eigenvalue weighted by Gasteiger charge is 2.14. The number of hydrogen-bond donors (Lipinski definition) is 0. The molecule has 0 saturated carbocycles. The molecule has 24 heavy (non-hydrogen) atoms. The van der Waals surface area contributed by atoms with E-state index in [-0.39, 0.29) is 13.4 Å². The SMILES string of the molecule is O=C(/C=C/c1c(Cl)nc2sccn12)OCc1ccc2c(c1)OCO2. The Labute approximate surface area is 145 Å². The number of carbonyl (C=O) groups is 1. The molecule has 0 atom stereocenters. The average Bonchev–Trinajstić information content (AvgIpc) is 3.26. The Morgan fingerprint density at radius 1 is 1.42 bits per heavy atom. The molecule has 3 aromatic rings. The van der Waals surface area contributed by atoms with E-state index in [1.54, 1.807) is 18.2 Å². The summed E-state index contributed by atoms with van der Waals surface area (Å²) in [6, 6.07) is 5.41. The molecule has 6 nitrogen and oxygen atoms in total. The number of rotatable bonds is 4. The van der Waals surface area contributed by atoms with E-state index >= 15 is 0 Å². The van der Waals surface area contributed by atoms with Crippen molar-refractivity contribution >= 4 is 39.9 Å². The lowest BCUT2D eigenvalue weighted by atomic mass is 10.2. The van der Waals surface area contributed by atoms with Gasteiger partial charge >= 0.3 is 5.97 Å². The molecule has 0 unspecified atom stereocenters. The van der Waals surface area contributed by atoms with Gasteiger partial charge in [-0.05, 0) is 23.8 Å². The molecule has 1 aliphatic heterocycles. The predicted octanol–water partition coefficient (Wildman–Crippen LogP) is 3.53. The van der Waals surface area contributed by atoms with Crippen LogP contribution in [0.5, 0.6) is 11.5 Å². The van der Waals surface area contributed by atoms with Crippen molar-refractivity contribution in [1.29, 1.82) is 0 Å². The van der Waals surface area contributed by atoms with Crippen LogP contribution < -0.4 is 9.47 Å². The first-order valence-electron chi connectivity index (χ1n) is 7.05. The Bertz CT molecular complexity index is 947. The van der Waals surface area contributed by atoms with Gasteiger partial charge in [0.25, 0.3) is 0 Å². The van der Waals surface area contributed by atoms with Gasteiger partial charge < -0.3 is 14.2 Å². The van der Waals surface area contributed by atoms with Crippen molar-refractivity contribution in [2.45, 2.75) is 6.61 Å². The largest absolute Gasteiger partial charge is 0.458 e. The van der Waals surface area contributed by atoms with Gasteiger partial charge in [-0.1, -0.05) is 17.7 Å². The fourth-order valence-corrected chi connectivity index (χ4v) is 3.31. The van der Waals surface area contributed by atoms with E-state index in [4.69, 9.17) is 25.8 Å². The molecule has 8 heteroatoms. The molecule has 2 aromatic heterocycles. The second-order valence-electron chi connectivity index (χ2n) is 4.97. The monoisotopic (exact) mass is 362 g/mol. The maximum absolute atomic E-state index is 11.9. The molecule has 0 amide bonds. The Kier molecular flexibility index (Phi) is 3.87. The summed E-state index contributed by atoms with van der Waals surface area (Å²) in [7, 11) is 0. The van der Waals surface area contributed by atoms with Crippen LogP contribution in [0.2, 0.25) is 5.15 Å². The van der Waals surface area contributed by atoms with Gasteiger partial charge in [0, 0.05) is 17.7 Å². The molecular weight excluding hydrogens is 352 g/mol. The third-order valence-electron chi connectivity index (χ3n) is 3.45.